The predicted molar refractivity (Wildman–Crippen MR) is 96.0 cm³/mol. The summed E-state index contributed by atoms with van der Waals surface area (Å²) in [5, 5.41) is 23.2. The third-order valence-corrected chi connectivity index (χ3v) is 3.69. The van der Waals surface area contributed by atoms with Crippen LogP contribution in [0.3, 0.4) is 0 Å². The van der Waals surface area contributed by atoms with Gasteiger partial charge < -0.3 is 14.7 Å². The number of hydrogen-bond acceptors (Lipinski definition) is 9. The van der Waals surface area contributed by atoms with Gasteiger partial charge in [0.1, 0.15) is 6.08 Å². The van der Waals surface area contributed by atoms with E-state index in [2.05, 4.69) is 4.99 Å². The van der Waals surface area contributed by atoms with Crippen LogP contribution in [0.25, 0.3) is 0 Å². The van der Waals surface area contributed by atoms with Gasteiger partial charge in [-0.05, 0) is 5.56 Å². The zero-order chi connectivity index (χ0) is 21.8. The second kappa shape index (κ2) is 8.67. The number of non-ortho nitro benzene ring substituents is 1. The maximum atomic E-state index is 12.5. The third kappa shape index (κ3) is 6.26. The number of carbonyl (C=O) groups excluding carboxylic acids is 3. The number of nitrogens with zero attached hydrogens (tertiary/aromatic N) is 3. The molecule has 0 radical (unpaired) electrons. The number of hydroxylamine groups is 2. The molecule has 11 nitrogen and oxygen atoms in total. The number of benzene rings is 1. The Labute approximate surface area is 166 Å². The Morgan fingerprint density at radius 1 is 1.21 bits per heavy atom. The van der Waals surface area contributed by atoms with Gasteiger partial charge >= 0.3 is 5.97 Å². The topological polar surface area (TPSA) is 151 Å². The molecule has 1 aromatic rings. The molecular weight excluding hydrogens is 386 g/mol. The van der Waals surface area contributed by atoms with Gasteiger partial charge in [0.15, 0.2) is 6.04 Å². The lowest BCUT2D eigenvalue weighted by Crippen LogP contribution is -2.39. The zero-order valence-corrected chi connectivity index (χ0v) is 16.1. The van der Waals surface area contributed by atoms with Gasteiger partial charge in [0.05, 0.1) is 4.92 Å². The Bertz CT molecular complexity index is 826. The van der Waals surface area contributed by atoms with E-state index in [-0.39, 0.29) is 24.9 Å². The molecule has 1 fully saturated rings. The lowest BCUT2D eigenvalue weighted by atomic mass is 10.1. The quantitative estimate of drug-likeness (QED) is 0.219. The van der Waals surface area contributed by atoms with Crippen molar-refractivity contribution in [2.45, 2.75) is 51.7 Å². The Morgan fingerprint density at radius 2 is 1.76 bits per heavy atom. The number of rotatable bonds is 6. The molecule has 156 valence electrons. The molecule has 0 N–H and O–H groups in total. The van der Waals surface area contributed by atoms with E-state index in [0.29, 0.717) is 10.6 Å². The first-order valence-corrected chi connectivity index (χ1v) is 8.71. The first kappa shape index (κ1) is 21.8. The van der Waals surface area contributed by atoms with E-state index in [0.717, 1.165) is 0 Å². The van der Waals surface area contributed by atoms with Gasteiger partial charge in [-0.15, -0.1) is 5.06 Å². The van der Waals surface area contributed by atoms with Crippen molar-refractivity contribution in [1.29, 1.82) is 0 Å². The number of nitro benzene ring substituents is 1. The van der Waals surface area contributed by atoms with Crippen molar-refractivity contribution in [3.8, 4) is 0 Å². The van der Waals surface area contributed by atoms with Crippen molar-refractivity contribution in [2.24, 2.45) is 4.99 Å². The summed E-state index contributed by atoms with van der Waals surface area (Å²) in [6, 6.07) is 3.84. The van der Waals surface area contributed by atoms with Gasteiger partial charge in [-0.1, -0.05) is 32.9 Å². The summed E-state index contributed by atoms with van der Waals surface area (Å²) in [4.78, 5) is 54.5. The van der Waals surface area contributed by atoms with Gasteiger partial charge in [0, 0.05) is 37.0 Å². The minimum atomic E-state index is -1.42. The van der Waals surface area contributed by atoms with Crippen LogP contribution in [0.1, 0.15) is 39.2 Å². The smallest absolute Gasteiger partial charge is 0.357 e. The Balaban J connectivity index is 2.23. The summed E-state index contributed by atoms with van der Waals surface area (Å²) in [7, 11) is 0. The SMILES string of the molecule is CC(C)(C)OC([O-])=NC(Cc1ccc([N+](=O)[O-])cc1)C(=O)ON1C(=O)CCC1=O. The third-order valence-electron chi connectivity index (χ3n) is 3.69. The normalized spacial score (nSPS) is 16.0. The number of nitro groups is 1. The van der Waals surface area contributed by atoms with Crippen molar-refractivity contribution >= 4 is 29.6 Å². The lowest BCUT2D eigenvalue weighted by molar-refractivity contribution is -0.384. The standard InChI is InChI=1S/C18H21N3O8/c1-18(2,3)28-17(25)19-13(10-11-4-6-12(7-5-11)21(26)27)16(24)29-20-14(22)8-9-15(20)23/h4-7,13H,8-10H2,1-3H3,(H,19,25)/p-1. The monoisotopic (exact) mass is 406 g/mol. The molecule has 0 spiro atoms. The van der Waals surface area contributed by atoms with E-state index in [4.69, 9.17) is 9.57 Å². The average molecular weight is 406 g/mol. The Kier molecular flexibility index (Phi) is 6.52. The maximum Gasteiger partial charge on any atom is 0.357 e. The number of ether oxygens (including phenoxy) is 1. The molecule has 2 rings (SSSR count). The maximum absolute atomic E-state index is 12.5. The number of hydrogen-bond donors (Lipinski definition) is 0. The Hall–Kier alpha value is -3.50. The molecule has 1 aromatic carbocycles. The number of carbonyl (C=O) groups is 3. The van der Waals surface area contributed by atoms with Gasteiger partial charge in [-0.25, -0.2) is 4.79 Å². The first-order chi connectivity index (χ1) is 13.5. The molecule has 0 saturated carbocycles. The van der Waals surface area contributed by atoms with Crippen LogP contribution in [0.5, 0.6) is 0 Å². The van der Waals surface area contributed by atoms with Gasteiger partial charge in [-0.3, -0.25) is 24.7 Å². The lowest BCUT2D eigenvalue weighted by Gasteiger charge is -2.30. The van der Waals surface area contributed by atoms with Gasteiger partial charge in [-0.2, -0.15) is 0 Å². The highest BCUT2D eigenvalue weighted by molar-refractivity contribution is 6.01. The van der Waals surface area contributed by atoms with Crippen molar-refractivity contribution in [3.63, 3.8) is 0 Å². The molecule has 1 unspecified atom stereocenters. The fraction of sp³-hybridized carbons (Fsp3) is 0.444. The van der Waals surface area contributed by atoms with Crippen LogP contribution in [0.4, 0.5) is 5.69 Å². The second-order valence-electron chi connectivity index (χ2n) is 7.25. The van der Waals surface area contributed by atoms with Crippen LogP contribution in [0.2, 0.25) is 0 Å². The van der Waals surface area contributed by atoms with E-state index in [9.17, 15) is 29.6 Å². The molecule has 2 amide bonds. The molecule has 0 aliphatic carbocycles. The van der Waals surface area contributed by atoms with Gasteiger partial charge in [0.25, 0.3) is 17.5 Å². The number of imide groups is 1. The van der Waals surface area contributed by atoms with E-state index >= 15 is 0 Å². The summed E-state index contributed by atoms with van der Waals surface area (Å²) >= 11 is 0. The molecule has 0 bridgehead atoms. The van der Waals surface area contributed by atoms with Crippen LogP contribution < -0.4 is 5.11 Å². The van der Waals surface area contributed by atoms with Crippen molar-refractivity contribution in [1.82, 2.24) is 5.06 Å². The minimum Gasteiger partial charge on any atom is -0.595 e. The number of aliphatic imine (C=N–C) groups is 1. The highest BCUT2D eigenvalue weighted by Crippen LogP contribution is 2.18. The van der Waals surface area contributed by atoms with Crippen LogP contribution in [0.15, 0.2) is 29.3 Å². The highest BCUT2D eigenvalue weighted by Gasteiger charge is 2.35. The van der Waals surface area contributed by atoms with Crippen molar-refractivity contribution in [3.05, 3.63) is 39.9 Å². The molecular formula is C18H20N3O8-. The summed E-state index contributed by atoms with van der Waals surface area (Å²) in [6.45, 7) is 4.85. The van der Waals surface area contributed by atoms with E-state index in [1.807, 2.05) is 0 Å². The Morgan fingerprint density at radius 3 is 2.24 bits per heavy atom. The van der Waals surface area contributed by atoms with Crippen LogP contribution in [0, 0.1) is 10.1 Å². The first-order valence-electron chi connectivity index (χ1n) is 8.71. The second-order valence-corrected chi connectivity index (χ2v) is 7.25. The number of amides is 2. The van der Waals surface area contributed by atoms with Crippen molar-refractivity contribution < 1.29 is 34.0 Å². The van der Waals surface area contributed by atoms with E-state index < -0.39 is 40.4 Å². The van der Waals surface area contributed by atoms with Crippen LogP contribution in [-0.4, -0.2) is 45.5 Å². The summed E-state index contributed by atoms with van der Waals surface area (Å²) in [5.41, 5.74) is -0.558. The van der Waals surface area contributed by atoms with E-state index in [1.165, 1.54) is 24.3 Å². The zero-order valence-electron chi connectivity index (χ0n) is 16.1. The largest absolute Gasteiger partial charge is 0.595 e. The molecule has 1 aliphatic heterocycles. The fourth-order valence-corrected chi connectivity index (χ4v) is 2.38. The summed E-state index contributed by atoms with van der Waals surface area (Å²) < 4.78 is 5.07. The molecule has 29 heavy (non-hydrogen) atoms. The molecule has 1 heterocycles. The summed E-state index contributed by atoms with van der Waals surface area (Å²) in [5.74, 6) is -2.44. The average Bonchev–Trinajstić information content (AvgIpc) is 2.92. The van der Waals surface area contributed by atoms with E-state index in [1.54, 1.807) is 20.8 Å². The minimum absolute atomic E-state index is 0.0810. The fourth-order valence-electron chi connectivity index (χ4n) is 2.38. The predicted octanol–water partition coefficient (Wildman–Crippen LogP) is 0.644. The van der Waals surface area contributed by atoms with Crippen molar-refractivity contribution in [2.75, 3.05) is 0 Å². The molecule has 1 aliphatic rings. The summed E-state index contributed by atoms with van der Waals surface area (Å²) in [6.07, 6.45) is -1.35. The van der Waals surface area contributed by atoms with Gasteiger partial charge in [0.2, 0.25) is 0 Å². The molecule has 1 atom stereocenters. The van der Waals surface area contributed by atoms with Crippen LogP contribution >= 0.6 is 0 Å². The molecule has 1 saturated heterocycles. The molecule has 0 aromatic heterocycles. The highest BCUT2D eigenvalue weighted by atomic mass is 16.7. The van der Waals surface area contributed by atoms with Crippen LogP contribution in [-0.2, 0) is 30.4 Å². The molecule has 11 heteroatoms.